The van der Waals surface area contributed by atoms with Crippen molar-refractivity contribution in [3.8, 4) is 5.75 Å². The van der Waals surface area contributed by atoms with Crippen molar-refractivity contribution in [2.24, 2.45) is 0 Å². The second kappa shape index (κ2) is 11.8. The van der Waals surface area contributed by atoms with Crippen LogP contribution in [0.3, 0.4) is 0 Å². The molecule has 3 aromatic carbocycles. The molecule has 3 aromatic rings. The van der Waals surface area contributed by atoms with Gasteiger partial charge in [0.05, 0.1) is 13.2 Å². The largest absolute Gasteiger partial charge is 0.488 e. The van der Waals surface area contributed by atoms with E-state index in [0.29, 0.717) is 24.5 Å². The first kappa shape index (κ1) is 25.4. The van der Waals surface area contributed by atoms with Crippen LogP contribution in [0, 0.1) is 6.92 Å². The minimum atomic E-state index is -1.06. The van der Waals surface area contributed by atoms with E-state index in [-0.39, 0.29) is 25.5 Å². The predicted octanol–water partition coefficient (Wildman–Crippen LogP) is 4.32. The molecule has 36 heavy (non-hydrogen) atoms. The number of amides is 1. The van der Waals surface area contributed by atoms with E-state index in [9.17, 15) is 14.7 Å². The van der Waals surface area contributed by atoms with Gasteiger partial charge in [-0.25, -0.2) is 4.79 Å². The Bertz CT molecular complexity index is 1180. The van der Waals surface area contributed by atoms with Gasteiger partial charge >= 0.3 is 5.97 Å². The first-order valence-electron chi connectivity index (χ1n) is 12.0. The van der Waals surface area contributed by atoms with E-state index in [4.69, 9.17) is 14.2 Å². The monoisotopic (exact) mass is 489 g/mol. The molecule has 1 aliphatic rings. The van der Waals surface area contributed by atoms with Gasteiger partial charge in [0, 0.05) is 25.6 Å². The number of carboxylic acids is 1. The van der Waals surface area contributed by atoms with E-state index >= 15 is 0 Å². The number of nitrogens with zero attached hydrogens (tertiary/aromatic N) is 1. The fourth-order valence-corrected chi connectivity index (χ4v) is 4.48. The number of aryl methyl sites for hydroxylation is 1. The second-order valence-electron chi connectivity index (χ2n) is 8.80. The highest BCUT2D eigenvalue weighted by atomic mass is 16.5. The van der Waals surface area contributed by atoms with Crippen molar-refractivity contribution < 1.29 is 28.9 Å². The second-order valence-corrected chi connectivity index (χ2v) is 8.80. The average molecular weight is 490 g/mol. The zero-order chi connectivity index (χ0) is 25.5. The van der Waals surface area contributed by atoms with Crippen LogP contribution in [0.2, 0.25) is 0 Å². The molecule has 7 heteroatoms. The zero-order valence-electron chi connectivity index (χ0n) is 20.6. The third kappa shape index (κ3) is 5.75. The molecule has 0 fully saturated rings. The van der Waals surface area contributed by atoms with Crippen LogP contribution < -0.4 is 4.74 Å². The van der Waals surface area contributed by atoms with E-state index in [0.717, 1.165) is 22.3 Å². The van der Waals surface area contributed by atoms with Gasteiger partial charge in [-0.15, -0.1) is 0 Å². The first-order valence-corrected chi connectivity index (χ1v) is 12.0. The third-order valence-electron chi connectivity index (χ3n) is 6.36. The number of carbonyl (C=O) groups excluding carboxylic acids is 1. The number of methoxy groups -OCH3 is 1. The molecule has 0 saturated carbocycles. The summed E-state index contributed by atoms with van der Waals surface area (Å²) >= 11 is 0. The van der Waals surface area contributed by atoms with E-state index in [1.54, 1.807) is 7.11 Å². The fraction of sp³-hybridized carbons (Fsp3) is 0.310. The molecular weight excluding hydrogens is 458 g/mol. The molecule has 0 bridgehead atoms. The summed E-state index contributed by atoms with van der Waals surface area (Å²) in [5.74, 6) is -0.762. The smallest absolute Gasteiger partial charge is 0.326 e. The molecule has 0 aliphatic carbocycles. The summed E-state index contributed by atoms with van der Waals surface area (Å²) in [6, 6.07) is 21.8. The maximum Gasteiger partial charge on any atom is 0.326 e. The number of aliphatic carboxylic acids is 1. The summed E-state index contributed by atoms with van der Waals surface area (Å²) in [7, 11) is 1.56. The molecule has 0 saturated heterocycles. The standard InChI is InChI=1S/C29H31NO6/c1-20-13-14-23-18-30(28(31)27(35-16-15-34-2)22-11-7-4-8-12-22)25(29(32)33)17-24(23)26(20)36-19-21-9-5-3-6-10-21/h3-14,25,27H,15-19H2,1-2H3,(H,32,33)/t25-,27-/m1/s1. The fourth-order valence-electron chi connectivity index (χ4n) is 4.48. The summed E-state index contributed by atoms with van der Waals surface area (Å²) in [6.45, 7) is 3.01. The quantitative estimate of drug-likeness (QED) is 0.427. The van der Waals surface area contributed by atoms with Crippen LogP contribution in [0.4, 0.5) is 0 Å². The predicted molar refractivity (Wildman–Crippen MR) is 135 cm³/mol. The Morgan fingerprint density at radius 1 is 1.00 bits per heavy atom. The van der Waals surface area contributed by atoms with Crippen molar-refractivity contribution in [1.29, 1.82) is 0 Å². The molecule has 0 unspecified atom stereocenters. The molecule has 7 nitrogen and oxygen atoms in total. The lowest BCUT2D eigenvalue weighted by atomic mass is 9.90. The number of hydrogen-bond acceptors (Lipinski definition) is 5. The van der Waals surface area contributed by atoms with Crippen LogP contribution in [0.25, 0.3) is 0 Å². The lowest BCUT2D eigenvalue weighted by Gasteiger charge is -2.37. The number of benzene rings is 3. The van der Waals surface area contributed by atoms with Crippen LogP contribution in [0.15, 0.2) is 72.8 Å². The van der Waals surface area contributed by atoms with Gasteiger partial charge in [-0.2, -0.15) is 0 Å². The minimum absolute atomic E-state index is 0.155. The van der Waals surface area contributed by atoms with Gasteiger partial charge in [-0.3, -0.25) is 4.79 Å². The first-order chi connectivity index (χ1) is 17.5. The molecule has 1 heterocycles. The van der Waals surface area contributed by atoms with Crippen LogP contribution in [-0.4, -0.2) is 48.2 Å². The van der Waals surface area contributed by atoms with Gasteiger partial charge < -0.3 is 24.2 Å². The topological polar surface area (TPSA) is 85.3 Å². The van der Waals surface area contributed by atoms with Crippen molar-refractivity contribution in [3.63, 3.8) is 0 Å². The lowest BCUT2D eigenvalue weighted by molar-refractivity contribution is -0.158. The number of carboxylic acid groups (broad SMARTS) is 1. The molecule has 0 aromatic heterocycles. The number of hydrogen-bond donors (Lipinski definition) is 1. The molecule has 0 spiro atoms. The normalized spacial score (nSPS) is 15.7. The molecule has 1 amide bonds. The highest BCUT2D eigenvalue weighted by Gasteiger charge is 2.39. The Kier molecular flexibility index (Phi) is 8.36. The van der Waals surface area contributed by atoms with Crippen molar-refractivity contribution in [2.45, 2.75) is 38.6 Å². The van der Waals surface area contributed by atoms with E-state index in [2.05, 4.69) is 0 Å². The van der Waals surface area contributed by atoms with Crippen LogP contribution in [0.5, 0.6) is 5.75 Å². The van der Waals surface area contributed by atoms with Crippen LogP contribution in [-0.2, 0) is 38.6 Å². The van der Waals surface area contributed by atoms with Crippen LogP contribution >= 0.6 is 0 Å². The summed E-state index contributed by atoms with van der Waals surface area (Å²) < 4.78 is 17.2. The van der Waals surface area contributed by atoms with Gasteiger partial charge in [0.15, 0.2) is 6.10 Å². The maximum atomic E-state index is 13.7. The van der Waals surface area contributed by atoms with Gasteiger partial charge in [-0.1, -0.05) is 72.8 Å². The summed E-state index contributed by atoms with van der Waals surface area (Å²) in [5.41, 5.74) is 4.33. The molecule has 188 valence electrons. The molecule has 4 rings (SSSR count). The lowest BCUT2D eigenvalue weighted by Crippen LogP contribution is -2.50. The van der Waals surface area contributed by atoms with Crippen molar-refractivity contribution >= 4 is 11.9 Å². The molecule has 1 aliphatic heterocycles. The number of carbonyl (C=O) groups is 2. The SMILES string of the molecule is COCCO[C@@H](C(=O)N1Cc2ccc(C)c(OCc3ccccc3)c2C[C@@H]1C(=O)O)c1ccccc1. The van der Waals surface area contributed by atoms with E-state index < -0.39 is 18.1 Å². The Morgan fingerprint density at radius 3 is 2.36 bits per heavy atom. The van der Waals surface area contributed by atoms with Gasteiger partial charge in [-0.05, 0) is 29.2 Å². The third-order valence-corrected chi connectivity index (χ3v) is 6.36. The van der Waals surface area contributed by atoms with E-state index in [1.807, 2.05) is 79.7 Å². The number of rotatable bonds is 10. The highest BCUT2D eigenvalue weighted by molar-refractivity contribution is 5.88. The molecular formula is C29H31NO6. The zero-order valence-corrected chi connectivity index (χ0v) is 20.6. The van der Waals surface area contributed by atoms with E-state index in [1.165, 1.54) is 4.90 Å². The average Bonchev–Trinajstić information content (AvgIpc) is 2.90. The summed E-state index contributed by atoms with van der Waals surface area (Å²) in [4.78, 5) is 27.5. The highest BCUT2D eigenvalue weighted by Crippen LogP contribution is 2.36. The molecule has 0 radical (unpaired) electrons. The van der Waals surface area contributed by atoms with Gasteiger partial charge in [0.25, 0.3) is 5.91 Å². The van der Waals surface area contributed by atoms with Gasteiger partial charge in [0.1, 0.15) is 18.4 Å². The Balaban J connectivity index is 1.63. The minimum Gasteiger partial charge on any atom is -0.488 e. The van der Waals surface area contributed by atoms with Crippen molar-refractivity contribution in [2.75, 3.05) is 20.3 Å². The van der Waals surface area contributed by atoms with Crippen molar-refractivity contribution in [3.05, 3.63) is 101 Å². The number of ether oxygens (including phenoxy) is 3. The van der Waals surface area contributed by atoms with Crippen LogP contribution in [0.1, 0.15) is 33.9 Å². The van der Waals surface area contributed by atoms with Gasteiger partial charge in [0.2, 0.25) is 0 Å². The molecule has 2 atom stereocenters. The number of fused-ring (bicyclic) bond motifs is 1. The van der Waals surface area contributed by atoms with Crippen molar-refractivity contribution in [1.82, 2.24) is 4.90 Å². The Labute approximate surface area is 211 Å². The Hall–Kier alpha value is -3.68. The summed E-state index contributed by atoms with van der Waals surface area (Å²) in [5, 5.41) is 10.1. The Morgan fingerprint density at radius 2 is 1.69 bits per heavy atom. The molecule has 1 N–H and O–H groups in total. The summed E-state index contributed by atoms with van der Waals surface area (Å²) in [6.07, 6.45) is -0.772. The maximum absolute atomic E-state index is 13.7.